The maximum atomic E-state index is 13.1. The average molecular weight is 423 g/mol. The Morgan fingerprint density at radius 1 is 0.812 bits per heavy atom. The Morgan fingerprint density at radius 2 is 1.38 bits per heavy atom. The molecule has 3 atom stereocenters. The van der Waals surface area contributed by atoms with Crippen molar-refractivity contribution < 1.29 is 19.4 Å². The van der Waals surface area contributed by atoms with Crippen molar-refractivity contribution in [3.8, 4) is 0 Å². The Morgan fingerprint density at radius 3 is 2.03 bits per heavy atom. The minimum atomic E-state index is -0.667. The number of ether oxygens (including phenoxy) is 1. The molecule has 0 saturated carbocycles. The highest BCUT2D eigenvalue weighted by atomic mass is 16.5. The van der Waals surface area contributed by atoms with Gasteiger partial charge in [0.2, 0.25) is 0 Å². The molecule has 3 aliphatic heterocycles. The molecule has 32 heavy (non-hydrogen) atoms. The Balaban J connectivity index is 1.79. The summed E-state index contributed by atoms with van der Waals surface area (Å²) in [6.07, 6.45) is -0.246. The molecule has 156 valence electrons. The van der Waals surface area contributed by atoms with E-state index >= 15 is 0 Å². The monoisotopic (exact) mass is 423 g/mol. The number of amides is 2. The molecule has 7 heteroatoms. The molecule has 0 aliphatic carbocycles. The molecule has 5 heterocycles. The lowest BCUT2D eigenvalue weighted by Gasteiger charge is -2.34. The van der Waals surface area contributed by atoms with Gasteiger partial charge in [0.05, 0.1) is 39.3 Å². The molecule has 0 spiro atoms. The fourth-order valence-corrected chi connectivity index (χ4v) is 6.19. The SMILES string of the molecule is O=C1NC(=O)c2c1c1c3ccccc3n3c1c1c2c2ccccc2n1C1OC3CCC1O. The molecular formula is C25H17N3O4. The Bertz CT molecular complexity index is 1710. The average Bonchev–Trinajstić information content (AvgIpc) is 3.38. The van der Waals surface area contributed by atoms with Gasteiger partial charge < -0.3 is 19.0 Å². The van der Waals surface area contributed by atoms with Crippen molar-refractivity contribution in [2.75, 3.05) is 0 Å². The summed E-state index contributed by atoms with van der Waals surface area (Å²) in [7, 11) is 0. The number of aromatic nitrogens is 2. The number of benzene rings is 3. The zero-order valence-electron chi connectivity index (χ0n) is 16.8. The van der Waals surface area contributed by atoms with Crippen molar-refractivity contribution in [2.24, 2.45) is 0 Å². The number of rotatable bonds is 0. The van der Waals surface area contributed by atoms with Crippen LogP contribution in [-0.4, -0.2) is 32.2 Å². The number of aliphatic hydroxyl groups excluding tert-OH is 1. The number of carbonyl (C=O) groups is 2. The van der Waals surface area contributed by atoms with Gasteiger partial charge in [-0.1, -0.05) is 36.4 Å². The number of hydrogen-bond donors (Lipinski definition) is 2. The van der Waals surface area contributed by atoms with Crippen LogP contribution in [0.15, 0.2) is 48.5 Å². The second kappa shape index (κ2) is 5.38. The Hall–Kier alpha value is -3.68. The summed E-state index contributed by atoms with van der Waals surface area (Å²) >= 11 is 0. The van der Waals surface area contributed by atoms with Crippen molar-refractivity contribution in [1.29, 1.82) is 0 Å². The molecule has 2 bridgehead atoms. The van der Waals surface area contributed by atoms with Crippen molar-refractivity contribution in [3.05, 3.63) is 59.7 Å². The van der Waals surface area contributed by atoms with Gasteiger partial charge in [0.15, 0.2) is 6.23 Å². The quantitative estimate of drug-likeness (QED) is 0.369. The number of nitrogens with zero attached hydrogens (tertiary/aromatic N) is 2. The second-order valence-corrected chi connectivity index (χ2v) is 8.88. The van der Waals surface area contributed by atoms with Gasteiger partial charge >= 0.3 is 0 Å². The first-order valence-electron chi connectivity index (χ1n) is 10.9. The van der Waals surface area contributed by atoms with E-state index in [1.54, 1.807) is 0 Å². The van der Waals surface area contributed by atoms with E-state index < -0.39 is 12.3 Å². The van der Waals surface area contributed by atoms with Crippen LogP contribution in [0.4, 0.5) is 0 Å². The van der Waals surface area contributed by atoms with Crippen molar-refractivity contribution in [2.45, 2.75) is 31.4 Å². The van der Waals surface area contributed by atoms with Gasteiger partial charge in [0.1, 0.15) is 6.23 Å². The van der Waals surface area contributed by atoms with Crippen LogP contribution in [-0.2, 0) is 4.74 Å². The van der Waals surface area contributed by atoms with Crippen LogP contribution in [0.3, 0.4) is 0 Å². The number of carbonyl (C=O) groups excluding carboxylic acids is 2. The van der Waals surface area contributed by atoms with Gasteiger partial charge in [-0.15, -0.1) is 0 Å². The summed E-state index contributed by atoms with van der Waals surface area (Å²) < 4.78 is 10.7. The first kappa shape index (κ1) is 16.9. The zero-order chi connectivity index (χ0) is 21.3. The predicted octanol–water partition coefficient (Wildman–Crippen LogP) is 3.97. The summed E-state index contributed by atoms with van der Waals surface area (Å²) in [5, 5.41) is 16.8. The highest BCUT2D eigenvalue weighted by Gasteiger charge is 2.43. The number of nitrogens with one attached hydrogen (secondary N) is 1. The third-order valence-corrected chi connectivity index (χ3v) is 7.35. The van der Waals surface area contributed by atoms with Gasteiger partial charge in [-0.3, -0.25) is 14.9 Å². The zero-order valence-corrected chi connectivity index (χ0v) is 16.8. The third-order valence-electron chi connectivity index (χ3n) is 7.35. The summed E-state index contributed by atoms with van der Waals surface area (Å²) in [4.78, 5) is 26.2. The predicted molar refractivity (Wildman–Crippen MR) is 119 cm³/mol. The lowest BCUT2D eigenvalue weighted by molar-refractivity contribution is -0.172. The topological polar surface area (TPSA) is 85.5 Å². The van der Waals surface area contributed by atoms with Crippen LogP contribution in [0.2, 0.25) is 0 Å². The Kier molecular flexibility index (Phi) is 2.85. The minimum absolute atomic E-state index is 0.272. The highest BCUT2D eigenvalue weighted by Crippen LogP contribution is 2.51. The van der Waals surface area contributed by atoms with E-state index in [0.29, 0.717) is 24.0 Å². The van der Waals surface area contributed by atoms with E-state index in [1.807, 2.05) is 53.1 Å². The number of fused-ring (bicyclic) bond motifs is 13. The van der Waals surface area contributed by atoms with E-state index in [4.69, 9.17) is 4.74 Å². The number of hydrogen-bond acceptors (Lipinski definition) is 4. The molecule has 3 aromatic carbocycles. The van der Waals surface area contributed by atoms with E-state index in [-0.39, 0.29) is 18.0 Å². The minimum Gasteiger partial charge on any atom is -0.388 e. The molecular weight excluding hydrogens is 406 g/mol. The number of para-hydroxylation sites is 2. The van der Waals surface area contributed by atoms with Crippen LogP contribution in [0, 0.1) is 0 Å². The van der Waals surface area contributed by atoms with Crippen LogP contribution in [0.5, 0.6) is 0 Å². The summed E-state index contributed by atoms with van der Waals surface area (Å²) in [6.45, 7) is 0. The first-order valence-corrected chi connectivity index (χ1v) is 10.9. The van der Waals surface area contributed by atoms with Crippen LogP contribution in [0.25, 0.3) is 43.6 Å². The molecule has 3 unspecified atom stereocenters. The summed E-state index contributed by atoms with van der Waals surface area (Å²) in [6, 6.07) is 15.8. The van der Waals surface area contributed by atoms with E-state index in [1.165, 1.54) is 0 Å². The van der Waals surface area contributed by atoms with Crippen molar-refractivity contribution >= 4 is 55.4 Å². The molecule has 8 rings (SSSR count). The lowest BCUT2D eigenvalue weighted by atomic mass is 9.96. The fraction of sp³-hybridized carbons (Fsp3) is 0.200. The Labute approximate surface area is 180 Å². The lowest BCUT2D eigenvalue weighted by Crippen LogP contribution is -2.33. The molecule has 2 amide bonds. The molecule has 1 fully saturated rings. The maximum absolute atomic E-state index is 13.1. The highest BCUT2D eigenvalue weighted by molar-refractivity contribution is 6.39. The van der Waals surface area contributed by atoms with E-state index in [0.717, 1.165) is 43.6 Å². The molecule has 5 aromatic rings. The summed E-state index contributed by atoms with van der Waals surface area (Å²) in [5.74, 6) is -0.736. The maximum Gasteiger partial charge on any atom is 0.259 e. The standard InChI is InChI=1S/C25H17N3O4/c29-15-9-10-16-27-13-7-3-1-5-11(13)17-19-20(24(31)26-23(19)30)18-12-6-2-4-8-14(12)28(25(15)32-16)22(18)21(17)27/h1-8,15-16,25,29H,9-10H2,(H,26,30,31). The van der Waals surface area contributed by atoms with Crippen LogP contribution in [0.1, 0.15) is 46.0 Å². The summed E-state index contributed by atoms with van der Waals surface area (Å²) in [5.41, 5.74) is 4.43. The normalized spacial score (nSPS) is 24.1. The second-order valence-electron chi connectivity index (χ2n) is 8.88. The van der Waals surface area contributed by atoms with E-state index in [2.05, 4.69) is 9.88 Å². The molecule has 2 aromatic heterocycles. The first-order chi connectivity index (χ1) is 15.6. The number of imide groups is 1. The van der Waals surface area contributed by atoms with Crippen molar-refractivity contribution in [1.82, 2.24) is 14.5 Å². The van der Waals surface area contributed by atoms with Gasteiger partial charge in [0, 0.05) is 21.5 Å². The molecule has 1 saturated heterocycles. The third kappa shape index (κ3) is 1.71. The molecule has 2 N–H and O–H groups in total. The largest absolute Gasteiger partial charge is 0.388 e. The smallest absolute Gasteiger partial charge is 0.259 e. The molecule has 0 radical (unpaired) electrons. The molecule has 3 aliphatic rings. The van der Waals surface area contributed by atoms with Gasteiger partial charge in [-0.05, 0) is 25.0 Å². The van der Waals surface area contributed by atoms with Crippen molar-refractivity contribution in [3.63, 3.8) is 0 Å². The van der Waals surface area contributed by atoms with Crippen LogP contribution < -0.4 is 5.32 Å². The van der Waals surface area contributed by atoms with Gasteiger partial charge in [-0.2, -0.15) is 0 Å². The van der Waals surface area contributed by atoms with E-state index in [9.17, 15) is 14.7 Å². The molecule has 7 nitrogen and oxygen atoms in total. The fourth-order valence-electron chi connectivity index (χ4n) is 6.19. The van der Waals surface area contributed by atoms with Gasteiger partial charge in [-0.25, -0.2) is 0 Å². The number of aliphatic hydroxyl groups is 1. The van der Waals surface area contributed by atoms with Gasteiger partial charge in [0.25, 0.3) is 11.8 Å². The van der Waals surface area contributed by atoms with Crippen LogP contribution >= 0.6 is 0 Å².